The molecule has 0 bridgehead atoms. The molecule has 0 unspecified atom stereocenters. The van der Waals surface area contributed by atoms with Gasteiger partial charge in [0.05, 0.1) is 11.3 Å². The zero-order valence-corrected chi connectivity index (χ0v) is 11.7. The molecule has 0 saturated heterocycles. The summed E-state index contributed by atoms with van der Waals surface area (Å²) < 4.78 is 37.8. The van der Waals surface area contributed by atoms with E-state index in [1.54, 1.807) is 0 Å². The first-order valence-electron chi connectivity index (χ1n) is 6.65. The predicted molar refractivity (Wildman–Crippen MR) is 78.9 cm³/mol. The number of nitrogens with one attached hydrogen (secondary N) is 1. The molecule has 0 atom stereocenters. The molecule has 1 aromatic heterocycles. The minimum Gasteiger partial charge on any atom is -0.354 e. The topological polar surface area (TPSA) is 32.9 Å². The van der Waals surface area contributed by atoms with Crippen LogP contribution >= 0.6 is 0 Å². The van der Waals surface area contributed by atoms with Gasteiger partial charge in [-0.15, -0.1) is 0 Å². The molecule has 0 amide bonds. The molecule has 0 radical (unpaired) electrons. The second-order valence-corrected chi connectivity index (χ2v) is 5.16. The lowest BCUT2D eigenvalue weighted by Crippen LogP contribution is -2.04. The molecule has 112 valence electrons. The van der Waals surface area contributed by atoms with Crippen LogP contribution in [0.5, 0.6) is 0 Å². The lowest BCUT2D eigenvalue weighted by atomic mass is 10.0. The molecule has 3 aromatic rings. The number of aldehydes is 1. The molecule has 1 N–H and O–H groups in total. The molecular weight excluding hydrogens is 291 g/mol. The monoisotopic (exact) mass is 303 g/mol. The maximum atomic E-state index is 12.6. The van der Waals surface area contributed by atoms with Gasteiger partial charge >= 0.3 is 6.18 Å². The van der Waals surface area contributed by atoms with Crippen molar-refractivity contribution in [2.75, 3.05) is 0 Å². The van der Waals surface area contributed by atoms with E-state index in [0.29, 0.717) is 16.8 Å². The number of halogens is 3. The summed E-state index contributed by atoms with van der Waals surface area (Å²) in [5.74, 6) is 0. The fraction of sp³-hybridized carbons (Fsp3) is 0.118. The highest BCUT2D eigenvalue weighted by molar-refractivity contribution is 6.04. The van der Waals surface area contributed by atoms with Gasteiger partial charge in [-0.25, -0.2) is 0 Å². The zero-order valence-electron chi connectivity index (χ0n) is 11.7. The number of carbonyl (C=O) groups is 1. The Morgan fingerprint density at radius 3 is 2.32 bits per heavy atom. The zero-order chi connectivity index (χ0) is 15.9. The van der Waals surface area contributed by atoms with E-state index in [2.05, 4.69) is 4.98 Å². The van der Waals surface area contributed by atoms with Gasteiger partial charge in [-0.3, -0.25) is 4.79 Å². The number of aromatic amines is 1. The summed E-state index contributed by atoms with van der Waals surface area (Å²) in [5.41, 5.74) is 2.61. The van der Waals surface area contributed by atoms with Crippen LogP contribution in [0.2, 0.25) is 0 Å². The predicted octanol–water partition coefficient (Wildman–Crippen LogP) is 4.97. The van der Waals surface area contributed by atoms with Crippen molar-refractivity contribution in [1.29, 1.82) is 0 Å². The lowest BCUT2D eigenvalue weighted by molar-refractivity contribution is -0.137. The van der Waals surface area contributed by atoms with Crippen LogP contribution in [0.15, 0.2) is 42.5 Å². The van der Waals surface area contributed by atoms with Gasteiger partial charge in [0.2, 0.25) is 0 Å². The van der Waals surface area contributed by atoms with Crippen LogP contribution in [0.4, 0.5) is 13.2 Å². The summed E-state index contributed by atoms with van der Waals surface area (Å²) in [6.07, 6.45) is -3.64. The first-order chi connectivity index (χ1) is 10.4. The van der Waals surface area contributed by atoms with Crippen molar-refractivity contribution in [3.05, 3.63) is 59.2 Å². The number of hydrogen-bond acceptors (Lipinski definition) is 1. The molecule has 0 aliphatic rings. The van der Waals surface area contributed by atoms with Crippen LogP contribution in [-0.4, -0.2) is 11.3 Å². The molecule has 2 aromatic carbocycles. The second-order valence-electron chi connectivity index (χ2n) is 5.16. The minimum absolute atomic E-state index is 0.457. The average Bonchev–Trinajstić information content (AvgIpc) is 2.84. The first-order valence-corrected chi connectivity index (χ1v) is 6.65. The normalized spacial score (nSPS) is 11.8. The van der Waals surface area contributed by atoms with E-state index in [9.17, 15) is 18.0 Å². The smallest absolute Gasteiger partial charge is 0.354 e. The van der Waals surface area contributed by atoms with Gasteiger partial charge in [-0.2, -0.15) is 13.2 Å². The SMILES string of the molecule is Cc1ccc2[nH]c(-c3ccc(C(F)(F)F)cc3)c(C=O)c2c1. The third-order valence-corrected chi connectivity index (χ3v) is 3.61. The van der Waals surface area contributed by atoms with E-state index in [1.807, 2.05) is 25.1 Å². The summed E-state index contributed by atoms with van der Waals surface area (Å²) in [6.45, 7) is 1.92. The molecule has 0 aliphatic heterocycles. The first kappa shape index (κ1) is 14.4. The number of carbonyl (C=O) groups excluding carboxylic acids is 1. The Kier molecular flexibility index (Phi) is 3.28. The maximum absolute atomic E-state index is 12.6. The Hall–Kier alpha value is -2.56. The van der Waals surface area contributed by atoms with Crippen LogP contribution in [-0.2, 0) is 6.18 Å². The molecular formula is C17H12F3NO. The Morgan fingerprint density at radius 2 is 1.73 bits per heavy atom. The molecule has 3 rings (SSSR count). The molecule has 0 aliphatic carbocycles. The molecule has 22 heavy (non-hydrogen) atoms. The summed E-state index contributed by atoms with van der Waals surface area (Å²) in [5, 5.41) is 0.768. The number of rotatable bonds is 2. The van der Waals surface area contributed by atoms with E-state index in [4.69, 9.17) is 0 Å². The minimum atomic E-state index is -4.37. The lowest BCUT2D eigenvalue weighted by Gasteiger charge is -2.07. The summed E-state index contributed by atoms with van der Waals surface area (Å²) >= 11 is 0. The molecule has 1 heterocycles. The Bertz CT molecular complexity index is 845. The van der Waals surface area contributed by atoms with Gasteiger partial charge < -0.3 is 4.98 Å². The van der Waals surface area contributed by atoms with Crippen molar-refractivity contribution in [3.63, 3.8) is 0 Å². The molecule has 2 nitrogen and oxygen atoms in total. The van der Waals surface area contributed by atoms with Gasteiger partial charge in [0.15, 0.2) is 6.29 Å². The van der Waals surface area contributed by atoms with Crippen LogP contribution < -0.4 is 0 Å². The summed E-state index contributed by atoms with van der Waals surface area (Å²) in [7, 11) is 0. The highest BCUT2D eigenvalue weighted by Gasteiger charge is 2.30. The summed E-state index contributed by atoms with van der Waals surface area (Å²) in [4.78, 5) is 14.5. The van der Waals surface area contributed by atoms with E-state index in [0.717, 1.165) is 34.9 Å². The quantitative estimate of drug-likeness (QED) is 0.666. The Balaban J connectivity index is 2.15. The van der Waals surface area contributed by atoms with Crippen molar-refractivity contribution in [2.45, 2.75) is 13.1 Å². The summed E-state index contributed by atoms with van der Waals surface area (Å²) in [6, 6.07) is 10.4. The second kappa shape index (κ2) is 5.02. The van der Waals surface area contributed by atoms with Crippen molar-refractivity contribution < 1.29 is 18.0 Å². The molecule has 5 heteroatoms. The van der Waals surface area contributed by atoms with Crippen LogP contribution in [0.25, 0.3) is 22.2 Å². The number of fused-ring (bicyclic) bond motifs is 1. The third kappa shape index (κ3) is 2.39. The standard InChI is InChI=1S/C17H12F3NO/c1-10-2-7-15-13(8-10)14(9-22)16(21-15)11-3-5-12(6-4-11)17(18,19)20/h2-9,21H,1H3. The maximum Gasteiger partial charge on any atom is 0.416 e. The van der Waals surface area contributed by atoms with Crippen molar-refractivity contribution in [2.24, 2.45) is 0 Å². The van der Waals surface area contributed by atoms with Crippen molar-refractivity contribution >= 4 is 17.2 Å². The van der Waals surface area contributed by atoms with Gasteiger partial charge in [-0.05, 0) is 36.8 Å². The van der Waals surface area contributed by atoms with E-state index >= 15 is 0 Å². The molecule has 0 saturated carbocycles. The van der Waals surface area contributed by atoms with Gasteiger partial charge in [0.1, 0.15) is 0 Å². The fourth-order valence-corrected chi connectivity index (χ4v) is 2.50. The average molecular weight is 303 g/mol. The van der Waals surface area contributed by atoms with Crippen LogP contribution in [0.3, 0.4) is 0 Å². The van der Waals surface area contributed by atoms with Crippen molar-refractivity contribution in [3.8, 4) is 11.3 Å². The van der Waals surface area contributed by atoms with E-state index in [1.165, 1.54) is 12.1 Å². The highest BCUT2D eigenvalue weighted by atomic mass is 19.4. The molecule has 0 fully saturated rings. The Morgan fingerprint density at radius 1 is 1.05 bits per heavy atom. The van der Waals surface area contributed by atoms with Gasteiger partial charge in [0.25, 0.3) is 0 Å². The van der Waals surface area contributed by atoms with Crippen molar-refractivity contribution in [1.82, 2.24) is 4.98 Å². The highest BCUT2D eigenvalue weighted by Crippen LogP contribution is 2.33. The van der Waals surface area contributed by atoms with Gasteiger partial charge in [-0.1, -0.05) is 23.8 Å². The number of H-pyrrole nitrogens is 1. The van der Waals surface area contributed by atoms with E-state index < -0.39 is 11.7 Å². The number of hydrogen-bond donors (Lipinski definition) is 1. The number of aryl methyl sites for hydroxylation is 1. The van der Waals surface area contributed by atoms with Crippen LogP contribution in [0, 0.1) is 6.92 Å². The van der Waals surface area contributed by atoms with E-state index in [-0.39, 0.29) is 0 Å². The number of aromatic nitrogens is 1. The van der Waals surface area contributed by atoms with Crippen LogP contribution in [0.1, 0.15) is 21.5 Å². The number of alkyl halides is 3. The van der Waals surface area contributed by atoms with Gasteiger partial charge in [0, 0.05) is 16.5 Å². The largest absolute Gasteiger partial charge is 0.416 e. The Labute approximate surface area is 124 Å². The third-order valence-electron chi connectivity index (χ3n) is 3.61. The fourth-order valence-electron chi connectivity index (χ4n) is 2.50. The number of benzene rings is 2. The molecule has 0 spiro atoms.